The molecule has 0 bridgehead atoms. The first kappa shape index (κ1) is 22.5. The zero-order valence-electron chi connectivity index (χ0n) is 16.6. The maximum atomic E-state index is 5.49. The zero-order valence-corrected chi connectivity index (χ0v) is 18.9. The number of ether oxygens (including phenoxy) is 2. The number of rotatable bonds is 8. The lowest BCUT2D eigenvalue weighted by molar-refractivity contribution is 0.186. The second-order valence-corrected chi connectivity index (χ2v) is 6.85. The highest BCUT2D eigenvalue weighted by Gasteiger charge is 2.16. The molecule has 0 radical (unpaired) electrons. The van der Waals surface area contributed by atoms with Gasteiger partial charge in [0.15, 0.2) is 5.96 Å². The summed E-state index contributed by atoms with van der Waals surface area (Å²) in [4.78, 5) is 4.76. The van der Waals surface area contributed by atoms with Crippen LogP contribution in [0.25, 0.3) is 0 Å². The molecule has 1 atom stereocenters. The number of benzene rings is 1. The largest absolute Gasteiger partial charge is 0.496 e. The first-order valence-electron chi connectivity index (χ1n) is 9.50. The van der Waals surface area contributed by atoms with Gasteiger partial charge >= 0.3 is 0 Å². The molecule has 0 amide bonds. The van der Waals surface area contributed by atoms with Crippen molar-refractivity contribution >= 4 is 29.9 Å². The average molecular weight is 499 g/mol. The molecule has 6 nitrogen and oxygen atoms in total. The highest BCUT2D eigenvalue weighted by molar-refractivity contribution is 14.0. The summed E-state index contributed by atoms with van der Waals surface area (Å²) in [5.41, 5.74) is 2.25. The van der Waals surface area contributed by atoms with Crippen molar-refractivity contribution in [3.05, 3.63) is 53.5 Å². The Labute approximate surface area is 184 Å². The van der Waals surface area contributed by atoms with E-state index in [4.69, 9.17) is 18.9 Å². The van der Waals surface area contributed by atoms with Gasteiger partial charge in [0, 0.05) is 37.6 Å². The number of guanidine groups is 1. The molecule has 2 heterocycles. The molecule has 7 heteroatoms. The number of hydrogen-bond acceptors (Lipinski definition) is 4. The Kier molecular flexibility index (Phi) is 9.63. The fraction of sp³-hybridized carbons (Fsp3) is 0.476. The van der Waals surface area contributed by atoms with Gasteiger partial charge in [0.25, 0.3) is 0 Å². The van der Waals surface area contributed by atoms with Gasteiger partial charge in [-0.15, -0.1) is 24.0 Å². The van der Waals surface area contributed by atoms with Crippen LogP contribution in [-0.2, 0) is 17.7 Å². The molecule has 1 unspecified atom stereocenters. The quantitative estimate of drug-likeness (QED) is 0.331. The van der Waals surface area contributed by atoms with Crippen LogP contribution in [0.5, 0.6) is 5.75 Å². The minimum atomic E-state index is 0. The molecule has 3 rings (SSSR count). The smallest absolute Gasteiger partial charge is 0.191 e. The Hall–Kier alpha value is -1.74. The molecule has 28 heavy (non-hydrogen) atoms. The Morgan fingerprint density at radius 1 is 1.29 bits per heavy atom. The van der Waals surface area contributed by atoms with Gasteiger partial charge in [-0.3, -0.25) is 0 Å². The van der Waals surface area contributed by atoms with E-state index in [1.807, 2.05) is 18.2 Å². The predicted molar refractivity (Wildman–Crippen MR) is 122 cm³/mol. The van der Waals surface area contributed by atoms with Gasteiger partial charge in [-0.2, -0.15) is 0 Å². The Morgan fingerprint density at radius 3 is 2.89 bits per heavy atom. The fourth-order valence-corrected chi connectivity index (χ4v) is 3.07. The van der Waals surface area contributed by atoms with Crippen molar-refractivity contribution in [3.8, 4) is 5.75 Å². The first-order valence-corrected chi connectivity index (χ1v) is 9.50. The van der Waals surface area contributed by atoms with Gasteiger partial charge in [0.2, 0.25) is 0 Å². The third-order valence-electron chi connectivity index (χ3n) is 4.68. The van der Waals surface area contributed by atoms with Gasteiger partial charge < -0.3 is 24.5 Å². The number of furan rings is 1. The summed E-state index contributed by atoms with van der Waals surface area (Å²) >= 11 is 0. The number of nitrogens with zero attached hydrogens (tertiary/aromatic N) is 1. The van der Waals surface area contributed by atoms with Gasteiger partial charge in [-0.1, -0.05) is 12.1 Å². The van der Waals surface area contributed by atoms with E-state index < -0.39 is 0 Å². The summed E-state index contributed by atoms with van der Waals surface area (Å²) < 4.78 is 16.3. The second-order valence-electron chi connectivity index (χ2n) is 6.85. The van der Waals surface area contributed by atoms with Crippen LogP contribution in [0.2, 0.25) is 0 Å². The van der Waals surface area contributed by atoms with Crippen molar-refractivity contribution in [1.82, 2.24) is 10.6 Å². The van der Waals surface area contributed by atoms with Crippen molar-refractivity contribution in [1.29, 1.82) is 0 Å². The van der Waals surface area contributed by atoms with Crippen LogP contribution in [0.15, 0.2) is 46.0 Å². The molecule has 1 saturated heterocycles. The zero-order chi connectivity index (χ0) is 18.9. The minimum Gasteiger partial charge on any atom is -0.496 e. The van der Waals surface area contributed by atoms with Crippen LogP contribution in [0.1, 0.15) is 23.3 Å². The maximum absolute atomic E-state index is 5.49. The average Bonchev–Trinajstić information content (AvgIpc) is 3.38. The van der Waals surface area contributed by atoms with Crippen molar-refractivity contribution in [2.45, 2.75) is 26.3 Å². The van der Waals surface area contributed by atoms with E-state index in [1.54, 1.807) is 13.4 Å². The van der Waals surface area contributed by atoms with E-state index in [1.165, 1.54) is 5.56 Å². The van der Waals surface area contributed by atoms with Crippen molar-refractivity contribution < 1.29 is 13.9 Å². The lowest BCUT2D eigenvalue weighted by Gasteiger charge is -2.15. The van der Waals surface area contributed by atoms with E-state index in [2.05, 4.69) is 29.7 Å². The summed E-state index contributed by atoms with van der Waals surface area (Å²) in [6, 6.07) is 10.1. The molecule has 0 saturated carbocycles. The third kappa shape index (κ3) is 7.01. The molecular weight excluding hydrogens is 469 g/mol. The van der Waals surface area contributed by atoms with E-state index in [-0.39, 0.29) is 24.0 Å². The number of methoxy groups -OCH3 is 1. The molecule has 2 N–H and O–H groups in total. The van der Waals surface area contributed by atoms with E-state index >= 15 is 0 Å². The van der Waals surface area contributed by atoms with Gasteiger partial charge in [0.05, 0.1) is 26.5 Å². The monoisotopic (exact) mass is 499 g/mol. The summed E-state index contributed by atoms with van der Waals surface area (Å²) in [5.74, 6) is 3.18. The van der Waals surface area contributed by atoms with Crippen molar-refractivity contribution in [3.63, 3.8) is 0 Å². The molecule has 154 valence electrons. The first-order chi connectivity index (χ1) is 13.2. The van der Waals surface area contributed by atoms with Crippen LogP contribution < -0.4 is 15.4 Å². The Bertz CT molecular complexity index is 729. The van der Waals surface area contributed by atoms with Crippen LogP contribution in [0.3, 0.4) is 0 Å². The highest BCUT2D eigenvalue weighted by atomic mass is 127. The van der Waals surface area contributed by atoms with Gasteiger partial charge in [-0.05, 0) is 37.1 Å². The summed E-state index contributed by atoms with van der Waals surface area (Å²) in [5, 5.41) is 6.85. The molecule has 1 fully saturated rings. The number of hydrogen-bond donors (Lipinski definition) is 2. The molecular formula is C21H30IN3O3. The molecule has 0 spiro atoms. The summed E-state index contributed by atoms with van der Waals surface area (Å²) in [7, 11) is 1.70. The third-order valence-corrected chi connectivity index (χ3v) is 4.68. The SMILES string of the molecule is COc1cc(C)ccc1CN=C(NCCc1ccco1)NCC1CCOC1.I. The molecule has 2 aromatic rings. The molecule has 1 aliphatic heterocycles. The van der Waals surface area contributed by atoms with Gasteiger partial charge in [0.1, 0.15) is 11.5 Å². The van der Waals surface area contributed by atoms with Crippen LogP contribution in [0.4, 0.5) is 0 Å². The van der Waals surface area contributed by atoms with Crippen LogP contribution >= 0.6 is 24.0 Å². The Balaban J connectivity index is 0.00000280. The minimum absolute atomic E-state index is 0. The lowest BCUT2D eigenvalue weighted by atomic mass is 10.1. The van der Waals surface area contributed by atoms with Crippen LogP contribution in [-0.4, -0.2) is 39.4 Å². The van der Waals surface area contributed by atoms with E-state index in [9.17, 15) is 0 Å². The Morgan fingerprint density at radius 2 is 2.18 bits per heavy atom. The van der Waals surface area contributed by atoms with Crippen molar-refractivity contribution in [2.75, 3.05) is 33.4 Å². The summed E-state index contributed by atoms with van der Waals surface area (Å²) in [6.07, 6.45) is 3.61. The van der Waals surface area contributed by atoms with E-state index in [0.29, 0.717) is 12.5 Å². The van der Waals surface area contributed by atoms with Crippen LogP contribution in [0, 0.1) is 12.8 Å². The highest BCUT2D eigenvalue weighted by Crippen LogP contribution is 2.20. The molecule has 1 aromatic carbocycles. The number of nitrogens with one attached hydrogen (secondary N) is 2. The summed E-state index contributed by atoms with van der Waals surface area (Å²) in [6.45, 7) is 5.90. The van der Waals surface area contributed by atoms with E-state index in [0.717, 1.165) is 62.2 Å². The number of halogens is 1. The molecule has 1 aromatic heterocycles. The van der Waals surface area contributed by atoms with Gasteiger partial charge in [-0.25, -0.2) is 4.99 Å². The molecule has 0 aliphatic carbocycles. The lowest BCUT2D eigenvalue weighted by Crippen LogP contribution is -2.40. The topological polar surface area (TPSA) is 68.0 Å². The normalized spacial score (nSPS) is 16.5. The van der Waals surface area contributed by atoms with Crippen molar-refractivity contribution in [2.24, 2.45) is 10.9 Å². The number of aliphatic imine (C=N–C) groups is 1. The predicted octanol–water partition coefficient (Wildman–Crippen LogP) is 3.53. The molecule has 1 aliphatic rings. The standard InChI is InChI=1S/C21H29N3O3.HI/c1-16-5-6-18(20(12-16)25-2)14-24-21(23-13-17-8-11-26-15-17)22-9-7-19-4-3-10-27-19;/h3-6,10,12,17H,7-9,11,13-15H2,1-2H3,(H2,22,23,24);1H. The maximum Gasteiger partial charge on any atom is 0.191 e. The number of aryl methyl sites for hydroxylation is 1. The second kappa shape index (κ2) is 12.0. The fourth-order valence-electron chi connectivity index (χ4n) is 3.07.